The Morgan fingerprint density at radius 2 is 2.00 bits per heavy atom. The summed E-state index contributed by atoms with van der Waals surface area (Å²) in [6.07, 6.45) is -0.994. The van der Waals surface area contributed by atoms with Crippen molar-refractivity contribution in [3.8, 4) is 0 Å². The van der Waals surface area contributed by atoms with Crippen LogP contribution in [0.1, 0.15) is 5.56 Å². The van der Waals surface area contributed by atoms with Gasteiger partial charge in [-0.25, -0.2) is 14.6 Å². The topological polar surface area (TPSA) is 88.2 Å². The van der Waals surface area contributed by atoms with Gasteiger partial charge in [0, 0.05) is 5.56 Å². The highest BCUT2D eigenvalue weighted by atomic mass is 19.2. The first-order valence-electron chi connectivity index (χ1n) is 3.69. The molecule has 1 aromatic rings. The van der Waals surface area contributed by atoms with Gasteiger partial charge < -0.3 is 10.5 Å². The van der Waals surface area contributed by atoms with Gasteiger partial charge in [0.15, 0.2) is 17.5 Å². The summed E-state index contributed by atoms with van der Waals surface area (Å²) in [7, 11) is 0. The molecule has 82 valence electrons. The van der Waals surface area contributed by atoms with Gasteiger partial charge in [-0.15, -0.1) is 0 Å². The molecule has 0 amide bonds. The molecular weight excluding hydrogens is 215 g/mol. The third-order valence-electron chi connectivity index (χ3n) is 1.59. The van der Waals surface area contributed by atoms with Crippen LogP contribution >= 0.6 is 0 Å². The number of nitrogen functional groups attached to an aromatic ring is 1. The lowest BCUT2D eigenvalue weighted by Gasteiger charge is -2.07. The predicted octanol–water partition coefficient (Wildman–Crippen LogP) is 0.412. The van der Waals surface area contributed by atoms with Crippen LogP contribution < -0.4 is 11.3 Å². The fourth-order valence-electron chi connectivity index (χ4n) is 0.962. The van der Waals surface area contributed by atoms with Gasteiger partial charge in [0.1, 0.15) is 0 Å². The number of aromatic nitrogens is 1. The molecule has 0 aliphatic rings. The molecule has 0 saturated carbocycles. The molecule has 0 atom stereocenters. The molecule has 4 N–H and O–H groups in total. The molecule has 15 heavy (non-hydrogen) atoms. The summed E-state index contributed by atoms with van der Waals surface area (Å²) in [6.45, 7) is 0. The van der Waals surface area contributed by atoms with E-state index in [0.717, 1.165) is 0 Å². The lowest BCUT2D eigenvalue weighted by molar-refractivity contribution is -0.136. The fraction of sp³-hybridized carbons (Fsp3) is 0.143. The zero-order valence-electron chi connectivity index (χ0n) is 7.22. The molecule has 0 bridgehead atoms. The highest BCUT2D eigenvalue weighted by molar-refractivity contribution is 5.70. The second-order valence-corrected chi connectivity index (χ2v) is 2.57. The van der Waals surface area contributed by atoms with Crippen LogP contribution in [0, 0.1) is 17.6 Å². The van der Waals surface area contributed by atoms with E-state index in [1.807, 2.05) is 0 Å². The van der Waals surface area contributed by atoms with E-state index in [2.05, 4.69) is 4.98 Å². The van der Waals surface area contributed by atoms with E-state index in [1.54, 1.807) is 5.43 Å². The first-order chi connectivity index (χ1) is 6.97. The minimum atomic E-state index is -1.63. The number of carboxylic acid groups (broad SMARTS) is 1. The van der Waals surface area contributed by atoms with Crippen LogP contribution in [-0.4, -0.2) is 16.1 Å². The average molecular weight is 221 g/mol. The maximum Gasteiger partial charge on any atom is 0.308 e. The number of nitrogens with one attached hydrogen (secondary N) is 1. The van der Waals surface area contributed by atoms with Gasteiger partial charge >= 0.3 is 5.97 Å². The maximum absolute atomic E-state index is 13.2. The summed E-state index contributed by atoms with van der Waals surface area (Å²) >= 11 is 0. The van der Waals surface area contributed by atoms with Crippen molar-refractivity contribution >= 4 is 11.8 Å². The second kappa shape index (κ2) is 4.13. The molecule has 0 fully saturated rings. The van der Waals surface area contributed by atoms with Gasteiger partial charge in [-0.05, 0) is 0 Å². The number of anilines is 1. The highest BCUT2D eigenvalue weighted by Crippen LogP contribution is 2.20. The van der Waals surface area contributed by atoms with E-state index in [0.29, 0.717) is 0 Å². The van der Waals surface area contributed by atoms with Gasteiger partial charge in [0.2, 0.25) is 0 Å². The summed E-state index contributed by atoms with van der Waals surface area (Å²) in [5, 5.41) is 8.34. The van der Waals surface area contributed by atoms with E-state index in [9.17, 15) is 18.0 Å². The van der Waals surface area contributed by atoms with E-state index < -0.39 is 41.4 Å². The monoisotopic (exact) mass is 221 g/mol. The van der Waals surface area contributed by atoms with Crippen LogP contribution in [0.15, 0.2) is 0 Å². The minimum Gasteiger partial charge on any atom is -0.481 e. The van der Waals surface area contributed by atoms with Gasteiger partial charge in [-0.3, -0.25) is 4.79 Å². The minimum absolute atomic E-state index is 0.745. The number of rotatable bonds is 3. The molecule has 0 spiro atoms. The summed E-state index contributed by atoms with van der Waals surface area (Å²) in [4.78, 5) is 13.1. The van der Waals surface area contributed by atoms with Crippen molar-refractivity contribution in [1.82, 2.24) is 4.98 Å². The van der Waals surface area contributed by atoms with Crippen LogP contribution in [0.25, 0.3) is 0 Å². The standard InChI is InChI=1S/C7H6F3N3O2/c8-4-2(1-3(14)15)5(9)7(13-11)12-6(4)10/h1,11H2,(H,12,13)(H,14,15). The van der Waals surface area contributed by atoms with Crippen LogP contribution in [0.5, 0.6) is 0 Å². The highest BCUT2D eigenvalue weighted by Gasteiger charge is 2.21. The van der Waals surface area contributed by atoms with Crippen molar-refractivity contribution in [2.45, 2.75) is 6.42 Å². The number of hydrogen-bond donors (Lipinski definition) is 3. The summed E-state index contributed by atoms with van der Waals surface area (Å²) in [6, 6.07) is 0. The molecule has 8 heteroatoms. The molecule has 0 aliphatic heterocycles. The molecule has 1 heterocycles. The number of hydrazine groups is 1. The molecular formula is C7H6F3N3O2. The summed E-state index contributed by atoms with van der Waals surface area (Å²) in [5.74, 6) is -2.03. The molecule has 0 unspecified atom stereocenters. The van der Waals surface area contributed by atoms with Crippen LogP contribution in [0.2, 0.25) is 0 Å². The predicted molar refractivity (Wildman–Crippen MR) is 43.3 cm³/mol. The van der Waals surface area contributed by atoms with Crippen molar-refractivity contribution in [3.05, 3.63) is 23.1 Å². The van der Waals surface area contributed by atoms with E-state index in [-0.39, 0.29) is 0 Å². The van der Waals surface area contributed by atoms with E-state index in [4.69, 9.17) is 10.9 Å². The average Bonchev–Trinajstić information content (AvgIpc) is 2.18. The van der Waals surface area contributed by atoms with Gasteiger partial charge in [-0.2, -0.15) is 9.37 Å². The van der Waals surface area contributed by atoms with Crippen molar-refractivity contribution in [1.29, 1.82) is 0 Å². The third-order valence-corrected chi connectivity index (χ3v) is 1.59. The van der Waals surface area contributed by atoms with Gasteiger partial charge in [0.05, 0.1) is 6.42 Å². The Bertz CT molecular complexity index is 411. The Balaban J connectivity index is 3.33. The SMILES string of the molecule is NNc1nc(F)c(F)c(CC(=O)O)c1F. The Hall–Kier alpha value is -1.83. The number of carboxylic acids is 1. The second-order valence-electron chi connectivity index (χ2n) is 2.57. The Labute approximate surface area is 81.7 Å². The molecule has 1 rings (SSSR count). The normalized spacial score (nSPS) is 10.1. The molecule has 0 radical (unpaired) electrons. The van der Waals surface area contributed by atoms with Crippen molar-refractivity contribution in [2.24, 2.45) is 5.84 Å². The Morgan fingerprint density at radius 3 is 2.47 bits per heavy atom. The first-order valence-corrected chi connectivity index (χ1v) is 3.69. The van der Waals surface area contributed by atoms with E-state index >= 15 is 0 Å². The van der Waals surface area contributed by atoms with Crippen LogP contribution in [0.3, 0.4) is 0 Å². The fourth-order valence-corrected chi connectivity index (χ4v) is 0.962. The number of nitrogens with zero attached hydrogens (tertiary/aromatic N) is 1. The Kier molecular flexibility index (Phi) is 3.10. The third kappa shape index (κ3) is 2.15. The number of hydrogen-bond acceptors (Lipinski definition) is 4. The van der Waals surface area contributed by atoms with Gasteiger partial charge in [0.25, 0.3) is 5.95 Å². The number of aliphatic carboxylic acids is 1. The molecule has 1 aromatic heterocycles. The maximum atomic E-state index is 13.2. The quantitative estimate of drug-likeness (QED) is 0.391. The molecule has 0 aliphatic carbocycles. The van der Waals surface area contributed by atoms with Gasteiger partial charge in [-0.1, -0.05) is 0 Å². The smallest absolute Gasteiger partial charge is 0.308 e. The molecule has 0 aromatic carbocycles. The van der Waals surface area contributed by atoms with Crippen molar-refractivity contribution < 1.29 is 23.1 Å². The summed E-state index contributed by atoms with van der Waals surface area (Å²) < 4.78 is 38.8. The van der Waals surface area contributed by atoms with Crippen molar-refractivity contribution in [2.75, 3.05) is 5.43 Å². The lowest BCUT2D eigenvalue weighted by atomic mass is 10.1. The number of halogens is 3. The number of nitrogens with two attached hydrogens (primary N) is 1. The number of carbonyl (C=O) groups is 1. The summed E-state index contributed by atoms with van der Waals surface area (Å²) in [5.41, 5.74) is 0.763. The largest absolute Gasteiger partial charge is 0.481 e. The first kappa shape index (κ1) is 11.2. The van der Waals surface area contributed by atoms with Crippen LogP contribution in [-0.2, 0) is 11.2 Å². The lowest BCUT2D eigenvalue weighted by Crippen LogP contribution is -2.16. The van der Waals surface area contributed by atoms with Crippen LogP contribution in [0.4, 0.5) is 19.0 Å². The van der Waals surface area contributed by atoms with E-state index in [1.165, 1.54) is 0 Å². The Morgan fingerprint density at radius 1 is 1.40 bits per heavy atom. The van der Waals surface area contributed by atoms with Crippen molar-refractivity contribution in [3.63, 3.8) is 0 Å². The molecule has 5 nitrogen and oxygen atoms in total. The zero-order chi connectivity index (χ0) is 11.6. The zero-order valence-corrected chi connectivity index (χ0v) is 7.22. The molecule has 0 saturated heterocycles. The number of pyridine rings is 1.